The van der Waals surface area contributed by atoms with Gasteiger partial charge in [-0.25, -0.2) is 4.79 Å². The average molecular weight is 234 g/mol. The zero-order valence-electron chi connectivity index (χ0n) is 9.87. The third kappa shape index (κ3) is 1.24. The molecule has 5 fully saturated rings. The van der Waals surface area contributed by atoms with Crippen molar-refractivity contribution in [1.29, 1.82) is 0 Å². The Hall–Kier alpha value is -1.06. The molecule has 3 unspecified atom stereocenters. The molecule has 5 aliphatic rings. The molecule has 3 atom stereocenters. The lowest BCUT2D eigenvalue weighted by molar-refractivity contribution is -0.126. The van der Waals surface area contributed by atoms with Crippen LogP contribution in [0.1, 0.15) is 38.5 Å². The maximum atomic E-state index is 12.2. The zero-order valence-corrected chi connectivity index (χ0v) is 9.87. The first kappa shape index (κ1) is 9.92. The van der Waals surface area contributed by atoms with Crippen LogP contribution in [0.4, 0.5) is 4.79 Å². The molecule has 5 rings (SSSR count). The van der Waals surface area contributed by atoms with Crippen LogP contribution in [0.5, 0.6) is 0 Å². The summed E-state index contributed by atoms with van der Waals surface area (Å²) < 4.78 is 0. The Morgan fingerprint density at radius 1 is 0.941 bits per heavy atom. The fourth-order valence-corrected chi connectivity index (χ4v) is 5.12. The van der Waals surface area contributed by atoms with Gasteiger partial charge in [0, 0.05) is 0 Å². The average Bonchev–Trinajstić information content (AvgIpc) is 2.41. The molecule has 1 spiro atoms. The number of hydrogen-bond donors (Lipinski definition) is 2. The van der Waals surface area contributed by atoms with E-state index in [9.17, 15) is 9.59 Å². The van der Waals surface area contributed by atoms with Crippen LogP contribution in [-0.2, 0) is 4.79 Å². The summed E-state index contributed by atoms with van der Waals surface area (Å²) in [6, 6.07) is -0.281. The van der Waals surface area contributed by atoms with Crippen LogP contribution in [0, 0.1) is 23.7 Å². The van der Waals surface area contributed by atoms with Crippen molar-refractivity contribution in [3.8, 4) is 0 Å². The normalized spacial score (nSPS) is 51.5. The van der Waals surface area contributed by atoms with E-state index in [4.69, 9.17) is 0 Å². The molecule has 1 heterocycles. The molecule has 0 aromatic heterocycles. The van der Waals surface area contributed by atoms with Gasteiger partial charge in [-0.15, -0.1) is 0 Å². The molecule has 4 aliphatic carbocycles. The van der Waals surface area contributed by atoms with Crippen LogP contribution < -0.4 is 10.6 Å². The van der Waals surface area contributed by atoms with Crippen molar-refractivity contribution >= 4 is 11.9 Å². The molecule has 17 heavy (non-hydrogen) atoms. The third-order valence-electron chi connectivity index (χ3n) is 5.51. The highest BCUT2D eigenvalue weighted by molar-refractivity contribution is 6.07. The SMILES string of the molecule is O=C1NC(=O)C2(CC3CC4CC(C3)CC2C4)N1. The second-order valence-corrected chi connectivity index (χ2v) is 6.56. The van der Waals surface area contributed by atoms with Crippen molar-refractivity contribution in [2.75, 3.05) is 0 Å². The van der Waals surface area contributed by atoms with Gasteiger partial charge in [-0.3, -0.25) is 10.1 Å². The van der Waals surface area contributed by atoms with Crippen LogP contribution in [-0.4, -0.2) is 17.5 Å². The summed E-state index contributed by atoms with van der Waals surface area (Å²) >= 11 is 0. The molecule has 0 aromatic carbocycles. The smallest absolute Gasteiger partial charge is 0.322 e. The van der Waals surface area contributed by atoms with E-state index in [0.29, 0.717) is 11.8 Å². The van der Waals surface area contributed by atoms with Crippen LogP contribution in [0.25, 0.3) is 0 Å². The van der Waals surface area contributed by atoms with Gasteiger partial charge in [0.25, 0.3) is 5.91 Å². The number of amides is 3. The van der Waals surface area contributed by atoms with E-state index >= 15 is 0 Å². The van der Waals surface area contributed by atoms with Crippen molar-refractivity contribution < 1.29 is 9.59 Å². The first-order valence-corrected chi connectivity index (χ1v) is 6.79. The summed E-state index contributed by atoms with van der Waals surface area (Å²) in [5, 5.41) is 5.43. The highest BCUT2D eigenvalue weighted by Gasteiger charge is 2.58. The van der Waals surface area contributed by atoms with Crippen LogP contribution in [0.3, 0.4) is 0 Å². The molecule has 3 amide bonds. The minimum atomic E-state index is -0.550. The number of rotatable bonds is 0. The molecule has 4 saturated carbocycles. The predicted octanol–water partition coefficient (Wildman–Crippen LogP) is 1.41. The minimum Gasteiger partial charge on any atom is -0.323 e. The van der Waals surface area contributed by atoms with Crippen molar-refractivity contribution in [3.63, 3.8) is 0 Å². The maximum Gasteiger partial charge on any atom is 0.322 e. The van der Waals surface area contributed by atoms with E-state index in [2.05, 4.69) is 10.6 Å². The Morgan fingerprint density at radius 2 is 1.59 bits per heavy atom. The van der Waals surface area contributed by atoms with E-state index in [-0.39, 0.29) is 11.9 Å². The number of carbonyl (C=O) groups excluding carboxylic acids is 2. The number of urea groups is 1. The van der Waals surface area contributed by atoms with E-state index in [1.54, 1.807) is 0 Å². The van der Waals surface area contributed by atoms with Crippen LogP contribution in [0.15, 0.2) is 0 Å². The lowest BCUT2D eigenvalue weighted by atomic mass is 9.66. The van der Waals surface area contributed by atoms with Gasteiger partial charge < -0.3 is 5.32 Å². The molecule has 0 aromatic rings. The van der Waals surface area contributed by atoms with E-state index in [0.717, 1.165) is 31.1 Å². The quantitative estimate of drug-likeness (QED) is 0.623. The number of carbonyl (C=O) groups is 2. The van der Waals surface area contributed by atoms with Gasteiger partial charge >= 0.3 is 6.03 Å². The van der Waals surface area contributed by atoms with Crippen molar-refractivity contribution in [3.05, 3.63) is 0 Å². The monoisotopic (exact) mass is 234 g/mol. The van der Waals surface area contributed by atoms with Crippen molar-refractivity contribution in [2.24, 2.45) is 23.7 Å². The minimum absolute atomic E-state index is 0.0549. The van der Waals surface area contributed by atoms with E-state index in [1.807, 2.05) is 0 Å². The lowest BCUT2D eigenvalue weighted by Crippen LogP contribution is -2.53. The second kappa shape index (κ2) is 3.03. The van der Waals surface area contributed by atoms with Gasteiger partial charge in [0.05, 0.1) is 0 Å². The molecular weight excluding hydrogens is 216 g/mol. The van der Waals surface area contributed by atoms with Gasteiger partial charge in [0.15, 0.2) is 0 Å². The molecule has 4 heteroatoms. The van der Waals surface area contributed by atoms with E-state index < -0.39 is 5.54 Å². The van der Waals surface area contributed by atoms with Gasteiger partial charge in [-0.1, -0.05) is 0 Å². The van der Waals surface area contributed by atoms with E-state index in [1.165, 1.54) is 19.3 Å². The number of imide groups is 1. The Labute approximate surface area is 101 Å². The van der Waals surface area contributed by atoms with Crippen molar-refractivity contribution in [2.45, 2.75) is 44.1 Å². The van der Waals surface area contributed by atoms with Gasteiger partial charge in [-0.2, -0.15) is 0 Å². The fourth-order valence-electron chi connectivity index (χ4n) is 5.12. The predicted molar refractivity (Wildman–Crippen MR) is 61.1 cm³/mol. The summed E-state index contributed by atoms with van der Waals surface area (Å²) in [4.78, 5) is 23.7. The maximum absolute atomic E-state index is 12.2. The fraction of sp³-hybridized carbons (Fsp3) is 0.846. The molecule has 1 saturated heterocycles. The molecule has 2 N–H and O–H groups in total. The molecule has 4 bridgehead atoms. The zero-order chi connectivity index (χ0) is 11.6. The van der Waals surface area contributed by atoms with Crippen LogP contribution in [0.2, 0.25) is 0 Å². The Bertz CT molecular complexity index is 394. The molecule has 1 aliphatic heterocycles. The topological polar surface area (TPSA) is 58.2 Å². The van der Waals surface area contributed by atoms with Crippen LogP contribution >= 0.6 is 0 Å². The molecule has 92 valence electrons. The number of nitrogens with one attached hydrogen (secondary N) is 2. The summed E-state index contributed by atoms with van der Waals surface area (Å²) in [6.07, 6.45) is 7.07. The summed E-state index contributed by atoms with van der Waals surface area (Å²) in [5.41, 5.74) is -0.550. The number of hydrogen-bond acceptors (Lipinski definition) is 2. The first-order valence-electron chi connectivity index (χ1n) is 6.79. The molecular formula is C13H18N2O2. The molecule has 4 nitrogen and oxygen atoms in total. The Kier molecular flexibility index (Phi) is 1.77. The summed E-state index contributed by atoms with van der Waals surface area (Å²) in [6.45, 7) is 0. The summed E-state index contributed by atoms with van der Waals surface area (Å²) in [5.74, 6) is 2.59. The second-order valence-electron chi connectivity index (χ2n) is 6.56. The highest BCUT2D eigenvalue weighted by Crippen LogP contribution is 2.55. The van der Waals surface area contributed by atoms with Gasteiger partial charge in [0.1, 0.15) is 5.54 Å². The Balaban J connectivity index is 1.77. The van der Waals surface area contributed by atoms with Gasteiger partial charge in [-0.05, 0) is 62.2 Å². The summed E-state index contributed by atoms with van der Waals surface area (Å²) in [7, 11) is 0. The third-order valence-corrected chi connectivity index (χ3v) is 5.51. The highest BCUT2D eigenvalue weighted by atomic mass is 16.2. The first-order chi connectivity index (χ1) is 8.15. The lowest BCUT2D eigenvalue weighted by Gasteiger charge is -2.40. The molecule has 0 radical (unpaired) electrons. The largest absolute Gasteiger partial charge is 0.323 e. The standard InChI is InChI=1S/C13H18N2O2/c16-11-13(15-12(17)14-11)6-9-2-7-1-8(3-9)5-10(13)4-7/h7-10H,1-6H2,(H2,14,15,16,17). The van der Waals surface area contributed by atoms with Gasteiger partial charge in [0.2, 0.25) is 0 Å². The van der Waals surface area contributed by atoms with Crippen molar-refractivity contribution in [1.82, 2.24) is 10.6 Å². The Morgan fingerprint density at radius 3 is 2.18 bits per heavy atom.